The molecule has 1 aromatic rings. The van der Waals surface area contributed by atoms with Crippen LogP contribution in [0.2, 0.25) is 0 Å². The van der Waals surface area contributed by atoms with Gasteiger partial charge in [0.1, 0.15) is 0 Å². The Kier molecular flexibility index (Phi) is 2.40. The summed E-state index contributed by atoms with van der Waals surface area (Å²) in [6, 6.07) is 0. The molecule has 0 aliphatic rings. The Balaban J connectivity index is 3.40. The van der Waals surface area contributed by atoms with Gasteiger partial charge in [0.05, 0.1) is 4.92 Å². The predicted molar refractivity (Wildman–Crippen MR) is 38.1 cm³/mol. The van der Waals surface area contributed by atoms with Gasteiger partial charge in [-0.3, -0.25) is 19.9 Å². The fourth-order valence-electron chi connectivity index (χ4n) is 0.740. The number of rotatable bonds is 2. The van der Waals surface area contributed by atoms with Crippen molar-refractivity contribution in [2.75, 3.05) is 0 Å². The van der Waals surface area contributed by atoms with Crippen LogP contribution < -0.4 is 5.56 Å². The molecule has 1 heterocycles. The third-order valence-corrected chi connectivity index (χ3v) is 1.28. The number of nitrogens with one attached hydrogen (secondary N) is 1. The lowest BCUT2D eigenvalue weighted by Gasteiger charge is -1.98. The summed E-state index contributed by atoms with van der Waals surface area (Å²) in [7, 11) is 0. The SMILES string of the molecule is O=c1[nH]c(C(F)F)nc(O)c1[N+](=O)[O-]. The Morgan fingerprint density at radius 3 is 2.50 bits per heavy atom. The van der Waals surface area contributed by atoms with Crippen LogP contribution in [0.25, 0.3) is 0 Å². The zero-order valence-corrected chi connectivity index (χ0v) is 6.40. The summed E-state index contributed by atoms with van der Waals surface area (Å²) >= 11 is 0. The van der Waals surface area contributed by atoms with Crippen LogP contribution in [0.1, 0.15) is 12.2 Å². The summed E-state index contributed by atoms with van der Waals surface area (Å²) in [5.74, 6) is -2.44. The van der Waals surface area contributed by atoms with Gasteiger partial charge in [-0.1, -0.05) is 0 Å². The van der Waals surface area contributed by atoms with E-state index < -0.39 is 34.3 Å². The summed E-state index contributed by atoms with van der Waals surface area (Å²) in [6.45, 7) is 0. The zero-order chi connectivity index (χ0) is 10.9. The number of H-pyrrole nitrogens is 1. The molecule has 0 spiro atoms. The van der Waals surface area contributed by atoms with Gasteiger partial charge in [0.25, 0.3) is 12.3 Å². The molecule has 0 aromatic carbocycles. The largest absolute Gasteiger partial charge is 0.488 e. The molecule has 0 atom stereocenters. The van der Waals surface area contributed by atoms with Gasteiger partial charge in [-0.25, -0.2) is 8.78 Å². The monoisotopic (exact) mass is 207 g/mol. The molecule has 76 valence electrons. The molecule has 0 aliphatic carbocycles. The molecule has 0 saturated heterocycles. The molecule has 2 N–H and O–H groups in total. The molecule has 7 nitrogen and oxygen atoms in total. The minimum absolute atomic E-state index is 1.11. The van der Waals surface area contributed by atoms with Crippen molar-refractivity contribution in [3.8, 4) is 5.88 Å². The molecular formula is C5H3F2N3O4. The first kappa shape index (κ1) is 10.0. The van der Waals surface area contributed by atoms with E-state index in [1.54, 1.807) is 0 Å². The number of nitro groups is 1. The van der Waals surface area contributed by atoms with Gasteiger partial charge < -0.3 is 5.11 Å². The van der Waals surface area contributed by atoms with Crippen molar-refractivity contribution in [2.24, 2.45) is 0 Å². The van der Waals surface area contributed by atoms with Crippen molar-refractivity contribution in [2.45, 2.75) is 6.43 Å². The van der Waals surface area contributed by atoms with Crippen LogP contribution in [-0.2, 0) is 0 Å². The summed E-state index contributed by atoms with van der Waals surface area (Å²) in [5.41, 5.74) is -2.67. The highest BCUT2D eigenvalue weighted by Crippen LogP contribution is 2.20. The Hall–Kier alpha value is -2.06. The van der Waals surface area contributed by atoms with Crippen LogP contribution in [0, 0.1) is 10.1 Å². The first-order valence-electron chi connectivity index (χ1n) is 3.19. The Labute approximate surface area is 74.2 Å². The van der Waals surface area contributed by atoms with Crippen LogP contribution in [0.3, 0.4) is 0 Å². The fraction of sp³-hybridized carbons (Fsp3) is 0.200. The van der Waals surface area contributed by atoms with Gasteiger partial charge >= 0.3 is 11.2 Å². The molecule has 0 amide bonds. The number of aromatic nitrogens is 2. The van der Waals surface area contributed by atoms with Crippen LogP contribution in [0.4, 0.5) is 14.5 Å². The van der Waals surface area contributed by atoms with Crippen LogP contribution in [0.15, 0.2) is 4.79 Å². The third-order valence-electron chi connectivity index (χ3n) is 1.28. The topological polar surface area (TPSA) is 109 Å². The highest BCUT2D eigenvalue weighted by molar-refractivity contribution is 5.36. The van der Waals surface area contributed by atoms with Crippen LogP contribution in [-0.4, -0.2) is 20.0 Å². The van der Waals surface area contributed by atoms with E-state index in [-0.39, 0.29) is 0 Å². The maximum Gasteiger partial charge on any atom is 0.395 e. The molecule has 1 aromatic heterocycles. The van der Waals surface area contributed by atoms with Crippen LogP contribution >= 0.6 is 0 Å². The zero-order valence-electron chi connectivity index (χ0n) is 6.40. The van der Waals surface area contributed by atoms with E-state index in [2.05, 4.69) is 4.98 Å². The lowest BCUT2D eigenvalue weighted by atomic mass is 10.5. The predicted octanol–water partition coefficient (Wildman–Crippen LogP) is 0.321. The highest BCUT2D eigenvalue weighted by atomic mass is 19.3. The Morgan fingerprint density at radius 2 is 2.14 bits per heavy atom. The lowest BCUT2D eigenvalue weighted by molar-refractivity contribution is -0.387. The third kappa shape index (κ3) is 1.65. The molecule has 0 fully saturated rings. The molecule has 0 bridgehead atoms. The van der Waals surface area contributed by atoms with E-state index in [0.29, 0.717) is 0 Å². The number of aromatic amines is 1. The van der Waals surface area contributed by atoms with Gasteiger partial charge in [-0.05, 0) is 0 Å². The quantitative estimate of drug-likeness (QED) is 0.536. The molecule has 0 saturated carbocycles. The average Bonchev–Trinajstić information content (AvgIpc) is 2.01. The maximum atomic E-state index is 11.9. The standard InChI is InChI=1S/C5H3F2N3O4/c6-2(7)3-8-4(11)1(10(13)14)5(12)9-3/h2H,(H2,8,9,11,12). The van der Waals surface area contributed by atoms with E-state index in [0.717, 1.165) is 0 Å². The minimum atomic E-state index is -3.12. The summed E-state index contributed by atoms with van der Waals surface area (Å²) in [4.78, 5) is 23.9. The first-order valence-corrected chi connectivity index (χ1v) is 3.19. The second-order valence-corrected chi connectivity index (χ2v) is 2.18. The van der Waals surface area contributed by atoms with Crippen molar-refractivity contribution >= 4 is 5.69 Å². The van der Waals surface area contributed by atoms with E-state index in [4.69, 9.17) is 5.11 Å². The lowest BCUT2D eigenvalue weighted by Crippen LogP contribution is -2.15. The maximum absolute atomic E-state index is 11.9. The number of hydrogen-bond donors (Lipinski definition) is 2. The normalized spacial score (nSPS) is 10.5. The molecule has 14 heavy (non-hydrogen) atoms. The smallest absolute Gasteiger partial charge is 0.395 e. The van der Waals surface area contributed by atoms with Crippen molar-refractivity contribution in [3.05, 3.63) is 26.3 Å². The molecule has 1 rings (SSSR count). The van der Waals surface area contributed by atoms with Gasteiger partial charge in [-0.2, -0.15) is 4.98 Å². The minimum Gasteiger partial charge on any atom is -0.488 e. The Morgan fingerprint density at radius 1 is 1.57 bits per heavy atom. The van der Waals surface area contributed by atoms with Gasteiger partial charge in [0.15, 0.2) is 5.82 Å². The highest BCUT2D eigenvalue weighted by Gasteiger charge is 2.24. The number of halogens is 2. The van der Waals surface area contributed by atoms with Gasteiger partial charge in [0, 0.05) is 0 Å². The molecule has 0 unspecified atom stereocenters. The number of hydrogen-bond acceptors (Lipinski definition) is 5. The van der Waals surface area contributed by atoms with Crippen molar-refractivity contribution < 1.29 is 18.8 Å². The first-order chi connectivity index (χ1) is 6.43. The van der Waals surface area contributed by atoms with E-state index in [1.165, 1.54) is 4.98 Å². The van der Waals surface area contributed by atoms with Crippen molar-refractivity contribution in [1.29, 1.82) is 0 Å². The average molecular weight is 207 g/mol. The van der Waals surface area contributed by atoms with E-state index in [9.17, 15) is 23.7 Å². The summed E-state index contributed by atoms with van der Waals surface area (Å²) in [6.07, 6.45) is -3.12. The number of aromatic hydroxyl groups is 1. The van der Waals surface area contributed by atoms with Gasteiger partial charge in [0.2, 0.25) is 0 Å². The van der Waals surface area contributed by atoms with Gasteiger partial charge in [-0.15, -0.1) is 0 Å². The molecule has 0 radical (unpaired) electrons. The van der Waals surface area contributed by atoms with Crippen molar-refractivity contribution in [1.82, 2.24) is 9.97 Å². The second kappa shape index (κ2) is 3.36. The summed E-state index contributed by atoms with van der Waals surface area (Å²) in [5, 5.41) is 18.9. The Bertz CT molecular complexity index is 429. The fourth-order valence-corrected chi connectivity index (χ4v) is 0.740. The summed E-state index contributed by atoms with van der Waals surface area (Å²) < 4.78 is 23.9. The molecule has 0 aliphatic heterocycles. The van der Waals surface area contributed by atoms with E-state index >= 15 is 0 Å². The van der Waals surface area contributed by atoms with Crippen molar-refractivity contribution in [3.63, 3.8) is 0 Å². The molecule has 9 heteroatoms. The number of nitrogens with zero attached hydrogens (tertiary/aromatic N) is 2. The number of alkyl halides is 2. The second-order valence-electron chi connectivity index (χ2n) is 2.18. The van der Waals surface area contributed by atoms with E-state index in [1.807, 2.05) is 0 Å². The van der Waals surface area contributed by atoms with Crippen LogP contribution in [0.5, 0.6) is 5.88 Å². The molecular weight excluding hydrogens is 204 g/mol.